The number of pyridine rings is 2. The SMILES string of the molecule is C.Cn1cc(-c2cn(S(=O)(=O)c3ccccc3)c3ncc(/C=C/CCO[Si](C)(C)C(C)(C)C)cc23)cn1.Cn1cc(-c2cn(S(=O)(=O)c3ccccc3)c3ncc(CCCCO)cc23)cn1. The number of unbranched alkanes of at least 4 members (excludes halogenated alkanes) is 1. The van der Waals surface area contributed by atoms with Gasteiger partial charge in [0.15, 0.2) is 19.6 Å². The molecule has 0 atom stereocenters. The Bertz CT molecular complexity index is 3170. The first-order valence-electron chi connectivity index (χ1n) is 21.4. The smallest absolute Gasteiger partial charge is 0.269 e. The number of fused-ring (bicyclic) bond motifs is 2. The minimum Gasteiger partial charge on any atom is -0.417 e. The highest BCUT2D eigenvalue weighted by atomic mass is 32.2. The van der Waals surface area contributed by atoms with Gasteiger partial charge in [-0.15, -0.1) is 0 Å². The van der Waals surface area contributed by atoms with E-state index in [1.165, 1.54) is 7.94 Å². The molecule has 2 aromatic carbocycles. The molecule has 1 N–H and O–H groups in total. The molecule has 348 valence electrons. The molecule has 6 aromatic heterocycles. The van der Waals surface area contributed by atoms with E-state index in [1.54, 1.807) is 107 Å². The van der Waals surface area contributed by atoms with Gasteiger partial charge in [-0.2, -0.15) is 10.2 Å². The Kier molecular flexibility index (Phi) is 15.2. The molecule has 0 aliphatic carbocycles. The van der Waals surface area contributed by atoms with Gasteiger partial charge in [-0.25, -0.2) is 34.7 Å². The number of nitrogens with zero attached hydrogens (tertiary/aromatic N) is 8. The van der Waals surface area contributed by atoms with Crippen LogP contribution in [0.2, 0.25) is 18.1 Å². The lowest BCUT2D eigenvalue weighted by Gasteiger charge is -2.36. The Morgan fingerprint density at radius 1 is 0.697 bits per heavy atom. The molecule has 66 heavy (non-hydrogen) atoms. The molecule has 8 aromatic rings. The van der Waals surface area contributed by atoms with Crippen molar-refractivity contribution in [2.75, 3.05) is 13.2 Å². The van der Waals surface area contributed by atoms with Crippen LogP contribution >= 0.6 is 0 Å². The predicted molar refractivity (Wildman–Crippen MR) is 265 cm³/mol. The third kappa shape index (κ3) is 10.7. The van der Waals surface area contributed by atoms with Crippen LogP contribution in [-0.2, 0) is 45.0 Å². The van der Waals surface area contributed by atoms with Gasteiger partial charge in [0.1, 0.15) is 0 Å². The monoisotopic (exact) mass is 948 g/mol. The molecule has 8 rings (SSSR count). The lowest BCUT2D eigenvalue weighted by atomic mass is 10.1. The van der Waals surface area contributed by atoms with Gasteiger partial charge in [-0.05, 0) is 91.3 Å². The highest BCUT2D eigenvalue weighted by Gasteiger charge is 2.36. The number of hydrogen-bond donors (Lipinski definition) is 1. The third-order valence-electron chi connectivity index (χ3n) is 11.7. The number of hydrogen-bond acceptors (Lipinski definition) is 10. The summed E-state index contributed by atoms with van der Waals surface area (Å²) in [6.07, 6.45) is 21.1. The average molecular weight is 949 g/mol. The van der Waals surface area contributed by atoms with Crippen LogP contribution in [0.1, 0.15) is 58.6 Å². The zero-order chi connectivity index (χ0) is 46.6. The summed E-state index contributed by atoms with van der Waals surface area (Å²) in [5.74, 6) is 0. The maximum Gasteiger partial charge on any atom is 0.269 e. The van der Waals surface area contributed by atoms with Gasteiger partial charge in [-0.1, -0.05) is 76.7 Å². The van der Waals surface area contributed by atoms with Crippen LogP contribution in [0.15, 0.2) is 138 Å². The van der Waals surface area contributed by atoms with Crippen molar-refractivity contribution in [3.63, 3.8) is 0 Å². The fourth-order valence-corrected chi connectivity index (χ4v) is 10.8. The Labute approximate surface area is 389 Å². The van der Waals surface area contributed by atoms with Crippen molar-refractivity contribution in [1.82, 2.24) is 37.5 Å². The molecule has 0 radical (unpaired) electrons. The fraction of sp³-hybridized carbons (Fsp3) is 0.306. The zero-order valence-electron chi connectivity index (χ0n) is 37.8. The molecule has 0 amide bonds. The standard InChI is InChI=1S/C27H34N4O3SSi.C21H22N4O3S.CH4/c1-27(2,3)36(5,6)34-15-11-10-12-21-16-24-25(22-18-29-30(4)19-22)20-31(26(24)28-17-21)35(32,33)23-13-8-7-9-14-23;1-24-14-17(13-23-24)20-15-25(29(27,28)18-8-3-2-4-9-18)21-19(20)11-16(12-22-21)7-5-6-10-26;/h7-10,12-14,16-20H,11,15H2,1-6H3;2-4,8-9,11-15,26H,5-7,10H2,1H3;1H4/b12-10+;;. The topological polar surface area (TPSA) is 169 Å². The predicted octanol–water partition coefficient (Wildman–Crippen LogP) is 9.72. The van der Waals surface area contributed by atoms with Crippen LogP contribution in [0.25, 0.3) is 50.4 Å². The van der Waals surface area contributed by atoms with E-state index in [0.717, 1.165) is 69.8 Å². The first-order chi connectivity index (χ1) is 30.9. The van der Waals surface area contributed by atoms with E-state index >= 15 is 0 Å². The van der Waals surface area contributed by atoms with E-state index in [9.17, 15) is 16.8 Å². The molecular weight excluding hydrogens is 889 g/mol. The lowest BCUT2D eigenvalue weighted by molar-refractivity contribution is 0.284. The zero-order valence-corrected chi connectivity index (χ0v) is 40.5. The molecule has 0 unspecified atom stereocenters. The Balaban J connectivity index is 0.000000220. The molecule has 0 fully saturated rings. The van der Waals surface area contributed by atoms with Crippen molar-refractivity contribution in [3.05, 3.63) is 140 Å². The van der Waals surface area contributed by atoms with E-state index in [-0.39, 0.29) is 28.9 Å². The summed E-state index contributed by atoms with van der Waals surface area (Å²) in [5.41, 5.74) is 5.87. The van der Waals surface area contributed by atoms with E-state index in [4.69, 9.17) is 9.53 Å². The average Bonchev–Trinajstić information content (AvgIpc) is 4.09. The Hall–Kier alpha value is -5.98. The van der Waals surface area contributed by atoms with Crippen molar-refractivity contribution in [1.29, 1.82) is 0 Å². The molecule has 6 heterocycles. The molecular formula is C49H60N8O6S2Si. The second-order valence-electron chi connectivity index (χ2n) is 17.5. The molecule has 0 bridgehead atoms. The van der Waals surface area contributed by atoms with Gasteiger partial charge < -0.3 is 9.53 Å². The summed E-state index contributed by atoms with van der Waals surface area (Å²) in [6.45, 7) is 12.0. The van der Waals surface area contributed by atoms with Crippen molar-refractivity contribution in [3.8, 4) is 22.3 Å². The van der Waals surface area contributed by atoms with Gasteiger partial charge in [0.05, 0.1) is 22.2 Å². The van der Waals surface area contributed by atoms with Crippen LogP contribution in [0.3, 0.4) is 0 Å². The summed E-state index contributed by atoms with van der Waals surface area (Å²) < 4.78 is 65.6. The first kappa shape index (κ1) is 49.5. The number of aliphatic hydroxyl groups excluding tert-OH is 1. The Morgan fingerprint density at radius 3 is 1.67 bits per heavy atom. The van der Waals surface area contributed by atoms with Crippen molar-refractivity contribution in [2.45, 2.75) is 81.8 Å². The van der Waals surface area contributed by atoms with E-state index < -0.39 is 28.4 Å². The van der Waals surface area contributed by atoms with Crippen LogP contribution in [0.5, 0.6) is 0 Å². The number of benzene rings is 2. The second kappa shape index (κ2) is 20.3. The van der Waals surface area contributed by atoms with Crippen LogP contribution < -0.4 is 0 Å². The summed E-state index contributed by atoms with van der Waals surface area (Å²) in [7, 11) is -5.71. The van der Waals surface area contributed by atoms with Crippen molar-refractivity contribution < 1.29 is 26.4 Å². The molecule has 0 saturated heterocycles. The van der Waals surface area contributed by atoms with Crippen LogP contribution in [-0.4, -0.2) is 80.9 Å². The van der Waals surface area contributed by atoms with Crippen LogP contribution in [0, 0.1) is 0 Å². The van der Waals surface area contributed by atoms with Crippen molar-refractivity contribution in [2.24, 2.45) is 14.1 Å². The van der Waals surface area contributed by atoms with Gasteiger partial charge in [0.25, 0.3) is 20.0 Å². The van der Waals surface area contributed by atoms with Gasteiger partial charge in [0, 0.05) is 97.5 Å². The van der Waals surface area contributed by atoms with E-state index in [1.807, 2.05) is 44.7 Å². The third-order valence-corrected chi connectivity index (χ3v) is 19.5. The van der Waals surface area contributed by atoms with E-state index in [0.29, 0.717) is 17.9 Å². The fourth-order valence-electron chi connectivity index (χ4n) is 7.06. The molecule has 0 saturated carbocycles. The highest BCUT2D eigenvalue weighted by molar-refractivity contribution is 7.90. The number of aliphatic hydroxyl groups is 1. The largest absolute Gasteiger partial charge is 0.417 e. The van der Waals surface area contributed by atoms with Crippen molar-refractivity contribution >= 4 is 56.5 Å². The minimum atomic E-state index is -3.81. The van der Waals surface area contributed by atoms with Gasteiger partial charge in [0.2, 0.25) is 0 Å². The minimum absolute atomic E-state index is 0. The Morgan fingerprint density at radius 2 is 1.20 bits per heavy atom. The van der Waals surface area contributed by atoms with Crippen LogP contribution in [0.4, 0.5) is 0 Å². The first-order valence-corrected chi connectivity index (χ1v) is 27.2. The molecule has 0 aliphatic rings. The maximum absolute atomic E-state index is 13.5. The number of aromatic nitrogens is 8. The summed E-state index contributed by atoms with van der Waals surface area (Å²) in [4.78, 5) is 9.50. The maximum atomic E-state index is 13.5. The molecule has 0 aliphatic heterocycles. The lowest BCUT2D eigenvalue weighted by Crippen LogP contribution is -2.40. The van der Waals surface area contributed by atoms with Gasteiger partial charge >= 0.3 is 0 Å². The quantitative estimate of drug-likeness (QED) is 0.0772. The van der Waals surface area contributed by atoms with Gasteiger partial charge in [-0.3, -0.25) is 9.36 Å². The number of aryl methyl sites for hydroxylation is 3. The summed E-state index contributed by atoms with van der Waals surface area (Å²) in [6, 6.07) is 20.7. The molecule has 17 heteroatoms. The van der Waals surface area contributed by atoms with E-state index in [2.05, 4.69) is 60.1 Å². The molecule has 14 nitrogen and oxygen atoms in total. The number of rotatable bonds is 15. The normalized spacial score (nSPS) is 12.4. The highest BCUT2D eigenvalue weighted by Crippen LogP contribution is 2.37. The molecule has 0 spiro atoms. The summed E-state index contributed by atoms with van der Waals surface area (Å²) >= 11 is 0. The second-order valence-corrected chi connectivity index (χ2v) is 25.9. The summed E-state index contributed by atoms with van der Waals surface area (Å²) in [5, 5.41) is 19.2.